The Morgan fingerprint density at radius 2 is 1.12 bits per heavy atom. The standard InChI is InChI=1S/C32H33F17OS/c1-4-6-10-19-16-20(11-7-5-2)23(50)22(17-19)24(21-12-8-9-18(3)15-21)51-14-13-25(33,34)26(35,36)27(37,38)28(39,40)29(41,42)30(43,44)31(45,46)32(47,48)49/h8-9,12,15-17,24,50H,4-7,10-11,13-14H2,1-3H3. The predicted molar refractivity (Wildman–Crippen MR) is 156 cm³/mol. The molecule has 0 bridgehead atoms. The number of phenols is 1. The predicted octanol–water partition coefficient (Wildman–Crippen LogP) is 12.6. The van der Waals surface area contributed by atoms with Gasteiger partial charge in [-0.15, -0.1) is 11.8 Å². The number of thioether (sulfide) groups is 1. The van der Waals surface area contributed by atoms with Crippen LogP contribution in [0.15, 0.2) is 36.4 Å². The van der Waals surface area contributed by atoms with Crippen molar-refractivity contribution in [2.24, 2.45) is 0 Å². The summed E-state index contributed by atoms with van der Waals surface area (Å²) in [6, 6.07) is 9.18. The highest BCUT2D eigenvalue weighted by Gasteiger charge is 2.95. The SMILES string of the molecule is CCCCc1cc(CCCC)c(O)c(C(SCCC(F)(F)C(F)(F)C(F)(F)C(F)(F)C(F)(F)C(F)(F)C(F)(F)C(F)(F)F)c2cccc(C)c2)c1. The van der Waals surface area contributed by atoms with Gasteiger partial charge in [0.2, 0.25) is 0 Å². The minimum Gasteiger partial charge on any atom is -0.507 e. The molecule has 2 rings (SSSR count). The summed E-state index contributed by atoms with van der Waals surface area (Å²) in [6.45, 7) is 5.32. The van der Waals surface area contributed by atoms with Crippen molar-refractivity contribution in [1.82, 2.24) is 0 Å². The lowest BCUT2D eigenvalue weighted by molar-refractivity contribution is -0.461. The van der Waals surface area contributed by atoms with Crippen LogP contribution in [0.25, 0.3) is 0 Å². The van der Waals surface area contributed by atoms with Gasteiger partial charge < -0.3 is 5.11 Å². The van der Waals surface area contributed by atoms with Crippen LogP contribution in [0.2, 0.25) is 0 Å². The van der Waals surface area contributed by atoms with Crippen LogP contribution in [0.5, 0.6) is 5.75 Å². The molecular formula is C32H33F17OS. The smallest absolute Gasteiger partial charge is 0.460 e. The topological polar surface area (TPSA) is 20.2 Å². The Kier molecular flexibility index (Phi) is 13.5. The van der Waals surface area contributed by atoms with E-state index in [-0.39, 0.29) is 16.9 Å². The molecule has 0 fully saturated rings. The number of halogens is 17. The lowest BCUT2D eigenvalue weighted by Crippen LogP contribution is -2.74. The molecule has 0 aliphatic carbocycles. The Morgan fingerprint density at radius 1 is 0.627 bits per heavy atom. The third kappa shape index (κ3) is 8.16. The zero-order valence-corrected chi connectivity index (χ0v) is 27.8. The van der Waals surface area contributed by atoms with Gasteiger partial charge in [0.15, 0.2) is 0 Å². The molecule has 1 unspecified atom stereocenters. The van der Waals surface area contributed by atoms with Crippen LogP contribution in [0.1, 0.15) is 79.0 Å². The van der Waals surface area contributed by atoms with Crippen LogP contribution in [0.4, 0.5) is 74.6 Å². The second-order valence-corrected chi connectivity index (χ2v) is 13.2. The molecule has 0 radical (unpaired) electrons. The Hall–Kier alpha value is -2.60. The third-order valence-electron chi connectivity index (χ3n) is 8.01. The fourth-order valence-corrected chi connectivity index (χ4v) is 6.24. The molecular weight excluding hydrogens is 755 g/mol. The number of benzene rings is 2. The maximum atomic E-state index is 14.8. The molecule has 0 aromatic heterocycles. The van der Waals surface area contributed by atoms with E-state index in [2.05, 4.69) is 0 Å². The molecule has 51 heavy (non-hydrogen) atoms. The lowest BCUT2D eigenvalue weighted by atomic mass is 9.88. The van der Waals surface area contributed by atoms with Crippen molar-refractivity contribution in [2.45, 2.75) is 119 Å². The molecule has 0 saturated carbocycles. The molecule has 0 aliphatic rings. The maximum Gasteiger partial charge on any atom is 0.460 e. The molecule has 1 N–H and O–H groups in total. The zero-order valence-electron chi connectivity index (χ0n) is 27.0. The summed E-state index contributed by atoms with van der Waals surface area (Å²) in [5.74, 6) is -58.3. The molecule has 19 heteroatoms. The van der Waals surface area contributed by atoms with Gasteiger partial charge in [0.05, 0.1) is 5.25 Å². The molecule has 292 valence electrons. The van der Waals surface area contributed by atoms with Gasteiger partial charge in [0, 0.05) is 17.7 Å². The number of aromatic hydroxyl groups is 1. The third-order valence-corrected chi connectivity index (χ3v) is 9.31. The van der Waals surface area contributed by atoms with Gasteiger partial charge in [-0.05, 0) is 49.3 Å². The number of rotatable bonds is 18. The highest BCUT2D eigenvalue weighted by molar-refractivity contribution is 7.99. The minimum absolute atomic E-state index is 0.0599. The van der Waals surface area contributed by atoms with E-state index in [1.165, 1.54) is 24.3 Å². The van der Waals surface area contributed by atoms with Crippen molar-refractivity contribution in [3.8, 4) is 5.75 Å². The number of hydrogen-bond acceptors (Lipinski definition) is 2. The van der Waals surface area contributed by atoms with Gasteiger partial charge in [-0.3, -0.25) is 0 Å². The quantitative estimate of drug-likeness (QED) is 0.152. The minimum atomic E-state index is -8.66. The Balaban J connectivity index is 2.56. The molecule has 0 amide bonds. The van der Waals surface area contributed by atoms with Crippen LogP contribution in [-0.2, 0) is 12.8 Å². The first-order valence-electron chi connectivity index (χ1n) is 15.2. The van der Waals surface area contributed by atoms with E-state index in [1.807, 2.05) is 13.8 Å². The highest BCUT2D eigenvalue weighted by atomic mass is 32.2. The summed E-state index contributed by atoms with van der Waals surface area (Å²) in [7, 11) is 0. The van der Waals surface area contributed by atoms with Crippen LogP contribution >= 0.6 is 11.8 Å². The van der Waals surface area contributed by atoms with Crippen molar-refractivity contribution >= 4 is 11.8 Å². The van der Waals surface area contributed by atoms with E-state index in [0.717, 1.165) is 6.42 Å². The average molecular weight is 789 g/mol. The zero-order chi connectivity index (χ0) is 39.6. The van der Waals surface area contributed by atoms with Gasteiger partial charge >= 0.3 is 47.6 Å². The van der Waals surface area contributed by atoms with E-state index in [1.54, 1.807) is 19.1 Å². The van der Waals surface area contributed by atoms with Crippen LogP contribution in [0.3, 0.4) is 0 Å². The molecule has 1 nitrogen and oxygen atoms in total. The first kappa shape index (κ1) is 44.6. The van der Waals surface area contributed by atoms with E-state index in [9.17, 15) is 79.7 Å². The number of aryl methyl sites for hydroxylation is 3. The van der Waals surface area contributed by atoms with Gasteiger partial charge in [-0.1, -0.05) is 68.7 Å². The van der Waals surface area contributed by atoms with Gasteiger partial charge in [0.25, 0.3) is 0 Å². The fourth-order valence-electron chi connectivity index (χ4n) is 4.93. The summed E-state index contributed by atoms with van der Waals surface area (Å²) in [5.41, 5.74) is 1.97. The Morgan fingerprint density at radius 3 is 1.61 bits per heavy atom. The summed E-state index contributed by atoms with van der Waals surface area (Å²) >= 11 is 0.295. The normalized spacial score (nSPS) is 15.0. The largest absolute Gasteiger partial charge is 0.507 e. The number of unbranched alkanes of at least 4 members (excludes halogenated alkanes) is 2. The summed E-state index contributed by atoms with van der Waals surface area (Å²) in [6.07, 6.45) is -6.87. The van der Waals surface area contributed by atoms with Crippen molar-refractivity contribution in [3.63, 3.8) is 0 Å². The van der Waals surface area contributed by atoms with Crippen molar-refractivity contribution in [2.75, 3.05) is 5.75 Å². The van der Waals surface area contributed by atoms with E-state index < -0.39 is 65.1 Å². The van der Waals surface area contributed by atoms with E-state index in [0.29, 0.717) is 60.6 Å². The molecule has 0 aliphatic heterocycles. The lowest BCUT2D eigenvalue weighted by Gasteiger charge is -2.42. The molecule has 2 aromatic carbocycles. The molecule has 2 aromatic rings. The fraction of sp³-hybridized carbons (Fsp3) is 0.625. The second-order valence-electron chi connectivity index (χ2n) is 12.0. The van der Waals surface area contributed by atoms with Crippen LogP contribution in [0, 0.1) is 6.92 Å². The first-order chi connectivity index (χ1) is 23.0. The van der Waals surface area contributed by atoms with E-state index in [4.69, 9.17) is 0 Å². The second kappa shape index (κ2) is 15.4. The molecule has 0 spiro atoms. The molecule has 0 saturated heterocycles. The van der Waals surface area contributed by atoms with Crippen molar-refractivity contribution < 1.29 is 79.7 Å². The van der Waals surface area contributed by atoms with Crippen molar-refractivity contribution in [1.29, 1.82) is 0 Å². The summed E-state index contributed by atoms with van der Waals surface area (Å²) in [5, 5.41) is 9.95. The monoisotopic (exact) mass is 788 g/mol. The first-order valence-corrected chi connectivity index (χ1v) is 16.3. The Labute approximate surface area is 286 Å². The van der Waals surface area contributed by atoms with E-state index >= 15 is 0 Å². The van der Waals surface area contributed by atoms with Crippen molar-refractivity contribution in [3.05, 3.63) is 64.2 Å². The summed E-state index contributed by atoms with van der Waals surface area (Å²) in [4.78, 5) is 0. The Bertz CT molecular complexity index is 1470. The van der Waals surface area contributed by atoms with Gasteiger partial charge in [0.1, 0.15) is 5.75 Å². The maximum absolute atomic E-state index is 14.8. The summed E-state index contributed by atoms with van der Waals surface area (Å²) < 4.78 is 234. The van der Waals surface area contributed by atoms with Crippen LogP contribution in [-0.4, -0.2) is 58.5 Å². The van der Waals surface area contributed by atoms with Gasteiger partial charge in [-0.2, -0.15) is 74.6 Å². The number of phenolic OH excluding ortho intramolecular Hbond substituents is 1. The number of alkyl halides is 17. The highest BCUT2D eigenvalue weighted by Crippen LogP contribution is 2.64. The van der Waals surface area contributed by atoms with Gasteiger partial charge in [-0.25, -0.2) is 0 Å². The molecule has 0 heterocycles. The number of hydrogen-bond donors (Lipinski definition) is 1. The average Bonchev–Trinajstić information content (AvgIpc) is 3.01. The van der Waals surface area contributed by atoms with Crippen LogP contribution < -0.4 is 0 Å². The molecule has 1 atom stereocenters.